The van der Waals surface area contributed by atoms with Crippen molar-refractivity contribution in [3.05, 3.63) is 59.5 Å². The highest BCUT2D eigenvalue weighted by Crippen LogP contribution is 2.49. The molecule has 1 atom stereocenters. The van der Waals surface area contributed by atoms with Crippen molar-refractivity contribution in [1.29, 1.82) is 0 Å². The van der Waals surface area contributed by atoms with Gasteiger partial charge in [-0.05, 0) is 42.7 Å². The molecule has 2 aromatic heterocycles. The number of likely N-dealkylation sites (tertiary alicyclic amines) is 1. The van der Waals surface area contributed by atoms with Crippen LogP contribution in [0.25, 0.3) is 10.9 Å². The number of rotatable bonds is 4. The second-order valence-electron chi connectivity index (χ2n) is 9.04. The van der Waals surface area contributed by atoms with Gasteiger partial charge in [-0.15, -0.1) is 0 Å². The van der Waals surface area contributed by atoms with E-state index in [-0.39, 0.29) is 24.0 Å². The molecule has 1 fully saturated rings. The standard InChI is InChI=1S/C25H30N4O3/c1-17(31)28-11-8-25(9-12-28)16-29(14-18-5-3-4-10-26-18)22(15-30)24-23(25)20-7-6-19(32-2)13-21(20)27-24/h3-7,10,13,22,27,30H,8-9,11-12,14-16H2,1-2H3/t22-/m0/s1. The summed E-state index contributed by atoms with van der Waals surface area (Å²) in [6.07, 6.45) is 3.61. The average molecular weight is 435 g/mol. The van der Waals surface area contributed by atoms with Gasteiger partial charge in [0.25, 0.3) is 0 Å². The molecule has 7 heteroatoms. The van der Waals surface area contributed by atoms with Crippen molar-refractivity contribution in [3.8, 4) is 5.75 Å². The molecule has 0 unspecified atom stereocenters. The summed E-state index contributed by atoms with van der Waals surface area (Å²) in [6, 6.07) is 12.0. The number of benzene rings is 1. The minimum atomic E-state index is -0.137. The zero-order chi connectivity index (χ0) is 22.3. The van der Waals surface area contributed by atoms with Crippen LogP contribution in [0.2, 0.25) is 0 Å². The maximum Gasteiger partial charge on any atom is 0.219 e. The predicted molar refractivity (Wildman–Crippen MR) is 122 cm³/mol. The van der Waals surface area contributed by atoms with E-state index >= 15 is 0 Å². The van der Waals surface area contributed by atoms with E-state index in [2.05, 4.69) is 20.9 Å². The SMILES string of the molecule is COc1ccc2c3c([nH]c2c1)[C@H](CO)N(Cc1ccccn1)CC31CCN(C(C)=O)CC1. The molecule has 0 radical (unpaired) electrons. The largest absolute Gasteiger partial charge is 0.497 e. The molecule has 1 amide bonds. The molecule has 2 N–H and O–H groups in total. The van der Waals surface area contributed by atoms with Gasteiger partial charge in [0.05, 0.1) is 25.5 Å². The number of aliphatic hydroxyl groups is 1. The lowest BCUT2D eigenvalue weighted by Gasteiger charge is -2.50. The number of nitrogens with one attached hydrogen (secondary N) is 1. The van der Waals surface area contributed by atoms with Crippen LogP contribution in [0.1, 0.15) is 42.8 Å². The lowest BCUT2D eigenvalue weighted by atomic mass is 9.68. The van der Waals surface area contributed by atoms with Crippen molar-refractivity contribution in [1.82, 2.24) is 19.8 Å². The lowest BCUT2D eigenvalue weighted by molar-refractivity contribution is -0.130. The molecule has 3 aromatic rings. The number of nitrogens with zero attached hydrogens (tertiary/aromatic N) is 3. The molecule has 2 aliphatic rings. The second-order valence-corrected chi connectivity index (χ2v) is 9.04. The van der Waals surface area contributed by atoms with Crippen LogP contribution in [0, 0.1) is 0 Å². The Morgan fingerprint density at radius 1 is 1.28 bits per heavy atom. The molecular formula is C25H30N4O3. The predicted octanol–water partition coefficient (Wildman–Crippen LogP) is 3.00. The van der Waals surface area contributed by atoms with Gasteiger partial charge in [0, 0.05) is 67.4 Å². The van der Waals surface area contributed by atoms with Gasteiger partial charge in [0.15, 0.2) is 0 Å². The Balaban J connectivity index is 1.62. The van der Waals surface area contributed by atoms with Gasteiger partial charge in [-0.3, -0.25) is 14.7 Å². The fourth-order valence-corrected chi connectivity index (χ4v) is 5.64. The number of carbonyl (C=O) groups excluding carboxylic acids is 1. The van der Waals surface area contributed by atoms with E-state index in [1.54, 1.807) is 14.0 Å². The third-order valence-corrected chi connectivity index (χ3v) is 7.27. The number of ether oxygens (including phenoxy) is 1. The maximum absolute atomic E-state index is 12.0. The minimum absolute atomic E-state index is 0.0272. The van der Waals surface area contributed by atoms with Crippen molar-refractivity contribution in [2.75, 3.05) is 33.4 Å². The number of hydrogen-bond donors (Lipinski definition) is 2. The molecule has 0 bridgehead atoms. The fraction of sp³-hybridized carbons (Fsp3) is 0.440. The second kappa shape index (κ2) is 8.22. The van der Waals surface area contributed by atoms with E-state index in [1.165, 1.54) is 10.9 Å². The smallest absolute Gasteiger partial charge is 0.219 e. The van der Waals surface area contributed by atoms with E-state index in [4.69, 9.17) is 4.74 Å². The maximum atomic E-state index is 12.0. The highest BCUT2D eigenvalue weighted by Gasteiger charge is 2.47. The van der Waals surface area contributed by atoms with E-state index in [1.807, 2.05) is 41.4 Å². The molecule has 168 valence electrons. The van der Waals surface area contributed by atoms with Crippen LogP contribution < -0.4 is 4.74 Å². The number of methoxy groups -OCH3 is 1. The third kappa shape index (κ3) is 3.45. The van der Waals surface area contributed by atoms with Crippen molar-refractivity contribution in [3.63, 3.8) is 0 Å². The molecule has 0 saturated carbocycles. The van der Waals surface area contributed by atoms with Gasteiger partial charge in [0.2, 0.25) is 5.91 Å². The number of fused-ring (bicyclic) bond motifs is 4. The van der Waals surface area contributed by atoms with Crippen molar-refractivity contribution < 1.29 is 14.6 Å². The number of H-pyrrole nitrogens is 1. The Morgan fingerprint density at radius 3 is 2.75 bits per heavy atom. The Hall–Kier alpha value is -2.90. The number of piperidine rings is 1. The van der Waals surface area contributed by atoms with Crippen LogP contribution in [0.4, 0.5) is 0 Å². The zero-order valence-electron chi connectivity index (χ0n) is 18.7. The van der Waals surface area contributed by atoms with Crippen molar-refractivity contribution in [2.24, 2.45) is 0 Å². The van der Waals surface area contributed by atoms with Crippen LogP contribution in [0.15, 0.2) is 42.6 Å². The first kappa shape index (κ1) is 21.0. The zero-order valence-corrected chi connectivity index (χ0v) is 18.7. The molecule has 7 nitrogen and oxygen atoms in total. The summed E-state index contributed by atoms with van der Waals surface area (Å²) >= 11 is 0. The Morgan fingerprint density at radius 2 is 2.09 bits per heavy atom. The van der Waals surface area contributed by atoms with Crippen LogP contribution in [0.3, 0.4) is 0 Å². The number of carbonyl (C=O) groups is 1. The van der Waals surface area contributed by atoms with Crippen LogP contribution >= 0.6 is 0 Å². The lowest BCUT2D eigenvalue weighted by Crippen LogP contribution is -2.54. The fourth-order valence-electron chi connectivity index (χ4n) is 5.64. The van der Waals surface area contributed by atoms with Gasteiger partial charge in [-0.25, -0.2) is 0 Å². The van der Waals surface area contributed by atoms with Gasteiger partial charge >= 0.3 is 0 Å². The molecule has 2 aliphatic heterocycles. The Bertz CT molecular complexity index is 1120. The average Bonchev–Trinajstić information content (AvgIpc) is 3.19. The number of pyridine rings is 1. The van der Waals surface area contributed by atoms with Crippen LogP contribution in [-0.2, 0) is 16.8 Å². The normalized spacial score (nSPS) is 20.5. The Kier molecular flexibility index (Phi) is 5.39. The third-order valence-electron chi connectivity index (χ3n) is 7.27. The van der Waals surface area contributed by atoms with Crippen LogP contribution in [-0.4, -0.2) is 64.1 Å². The van der Waals surface area contributed by atoms with E-state index in [0.717, 1.165) is 55.1 Å². The quantitative estimate of drug-likeness (QED) is 0.660. The molecular weight excluding hydrogens is 404 g/mol. The first-order valence-corrected chi connectivity index (χ1v) is 11.2. The molecule has 1 aromatic carbocycles. The molecule has 1 saturated heterocycles. The van der Waals surface area contributed by atoms with E-state index < -0.39 is 0 Å². The minimum Gasteiger partial charge on any atom is -0.497 e. The number of aromatic nitrogens is 2. The first-order chi connectivity index (χ1) is 15.5. The molecule has 32 heavy (non-hydrogen) atoms. The van der Waals surface area contributed by atoms with E-state index in [0.29, 0.717) is 6.54 Å². The summed E-state index contributed by atoms with van der Waals surface area (Å²) in [4.78, 5) is 24.5. The molecule has 0 aliphatic carbocycles. The monoisotopic (exact) mass is 434 g/mol. The molecule has 1 spiro atoms. The summed E-state index contributed by atoms with van der Waals surface area (Å²) in [6.45, 7) is 4.67. The number of hydrogen-bond acceptors (Lipinski definition) is 5. The molecule has 4 heterocycles. The topological polar surface area (TPSA) is 81.7 Å². The Labute approximate surface area is 188 Å². The van der Waals surface area contributed by atoms with Gasteiger partial charge in [-0.1, -0.05) is 6.07 Å². The van der Waals surface area contributed by atoms with Crippen molar-refractivity contribution >= 4 is 16.8 Å². The summed E-state index contributed by atoms with van der Waals surface area (Å²) < 4.78 is 5.45. The highest BCUT2D eigenvalue weighted by molar-refractivity contribution is 5.88. The number of amides is 1. The van der Waals surface area contributed by atoms with Crippen molar-refractivity contribution in [2.45, 2.75) is 37.8 Å². The molecule has 5 rings (SSSR count). The van der Waals surface area contributed by atoms with Gasteiger partial charge in [-0.2, -0.15) is 0 Å². The van der Waals surface area contributed by atoms with Gasteiger partial charge in [0.1, 0.15) is 5.75 Å². The summed E-state index contributed by atoms with van der Waals surface area (Å²) in [5.74, 6) is 0.945. The van der Waals surface area contributed by atoms with Gasteiger partial charge < -0.3 is 19.7 Å². The first-order valence-electron chi connectivity index (χ1n) is 11.2. The summed E-state index contributed by atoms with van der Waals surface area (Å²) in [5.41, 5.74) is 4.31. The van der Waals surface area contributed by atoms with Crippen LogP contribution in [0.5, 0.6) is 5.75 Å². The number of aromatic amines is 1. The van der Waals surface area contributed by atoms with E-state index in [9.17, 15) is 9.90 Å². The number of aliphatic hydroxyl groups excluding tert-OH is 1. The summed E-state index contributed by atoms with van der Waals surface area (Å²) in [5, 5.41) is 11.6. The highest BCUT2D eigenvalue weighted by atomic mass is 16.5. The summed E-state index contributed by atoms with van der Waals surface area (Å²) in [7, 11) is 1.67.